The first kappa shape index (κ1) is 20.4. The lowest BCUT2D eigenvalue weighted by Crippen LogP contribution is -2.31. The third kappa shape index (κ3) is 4.98. The van der Waals surface area contributed by atoms with E-state index < -0.39 is 0 Å². The van der Waals surface area contributed by atoms with Gasteiger partial charge in [0.25, 0.3) is 0 Å². The van der Waals surface area contributed by atoms with Crippen LogP contribution in [0.1, 0.15) is 44.3 Å². The number of unbranched alkanes of at least 4 members (excludes halogenated alkanes) is 1. The summed E-state index contributed by atoms with van der Waals surface area (Å²) in [5, 5.41) is 16.7. The van der Waals surface area contributed by atoms with Crippen LogP contribution in [0.25, 0.3) is 0 Å². The van der Waals surface area contributed by atoms with Crippen LogP contribution in [0.5, 0.6) is 0 Å². The smallest absolute Gasteiger partial charge is 0.345 e. The number of nitrogens with zero attached hydrogens (tertiary/aromatic N) is 3. The maximum Gasteiger partial charge on any atom is 0.345 e. The average molecular weight is 341 g/mol. The molecule has 0 spiro atoms. The van der Waals surface area contributed by atoms with E-state index in [0.717, 1.165) is 38.2 Å². The number of nitrogens with one attached hydrogen (secondary N) is 1. The van der Waals surface area contributed by atoms with E-state index >= 15 is 0 Å². The van der Waals surface area contributed by atoms with Gasteiger partial charge in [-0.25, -0.2) is 9.48 Å². The highest BCUT2D eigenvalue weighted by Crippen LogP contribution is 2.20. The molecule has 0 aromatic carbocycles. The number of halogens is 2. The van der Waals surface area contributed by atoms with Gasteiger partial charge < -0.3 is 10.4 Å². The van der Waals surface area contributed by atoms with Crippen LogP contribution in [0.15, 0.2) is 4.79 Å². The average Bonchev–Trinajstić information content (AvgIpc) is 2.77. The molecule has 2 rings (SSSR count). The lowest BCUT2D eigenvalue weighted by molar-refractivity contribution is 0.279. The summed E-state index contributed by atoms with van der Waals surface area (Å²) in [4.78, 5) is 12.2. The van der Waals surface area contributed by atoms with Gasteiger partial charge in [-0.3, -0.25) is 4.57 Å². The Morgan fingerprint density at radius 2 is 2.14 bits per heavy atom. The number of rotatable bonds is 6. The summed E-state index contributed by atoms with van der Waals surface area (Å²) in [7, 11) is 0. The molecule has 8 heteroatoms. The molecule has 0 radical (unpaired) electrons. The highest BCUT2D eigenvalue weighted by Gasteiger charge is 2.22. The Kier molecular flexibility index (Phi) is 9.94. The first-order valence-electron chi connectivity index (χ1n) is 7.27. The molecule has 0 aliphatic carbocycles. The van der Waals surface area contributed by atoms with E-state index in [9.17, 15) is 4.79 Å². The first-order valence-corrected chi connectivity index (χ1v) is 7.27. The van der Waals surface area contributed by atoms with Gasteiger partial charge in [-0.15, -0.1) is 24.8 Å². The van der Waals surface area contributed by atoms with Gasteiger partial charge >= 0.3 is 5.69 Å². The van der Waals surface area contributed by atoms with E-state index in [1.54, 1.807) is 9.25 Å². The van der Waals surface area contributed by atoms with E-state index in [4.69, 9.17) is 5.11 Å². The molecule has 1 aromatic heterocycles. The van der Waals surface area contributed by atoms with Crippen LogP contribution in [0.2, 0.25) is 0 Å². The summed E-state index contributed by atoms with van der Waals surface area (Å²) in [6.07, 6.45) is 3.74. The van der Waals surface area contributed by atoms with Crippen LogP contribution in [-0.4, -0.2) is 39.2 Å². The van der Waals surface area contributed by atoms with Gasteiger partial charge in [0.05, 0.1) is 0 Å². The Labute approximate surface area is 137 Å². The summed E-state index contributed by atoms with van der Waals surface area (Å²) in [6.45, 7) is 5.39. The molecule has 1 fully saturated rings. The zero-order chi connectivity index (χ0) is 13.7. The minimum Gasteiger partial charge on any atom is -0.396 e. The molecule has 2 N–H and O–H groups in total. The summed E-state index contributed by atoms with van der Waals surface area (Å²) in [6, 6.07) is 0. The second-order valence-corrected chi connectivity index (χ2v) is 5.08. The molecule has 1 aliphatic rings. The number of aliphatic hydroxyl groups is 1. The predicted molar refractivity (Wildman–Crippen MR) is 87.8 cm³/mol. The largest absolute Gasteiger partial charge is 0.396 e. The molecule has 124 valence electrons. The molecule has 1 aromatic rings. The topological polar surface area (TPSA) is 72.1 Å². The SMILES string of the molecule is CCn1c(C2CCCNC2)nn(CCCCO)c1=O.Cl.Cl. The summed E-state index contributed by atoms with van der Waals surface area (Å²) < 4.78 is 3.35. The van der Waals surface area contributed by atoms with Gasteiger partial charge in [-0.2, -0.15) is 5.10 Å². The fourth-order valence-corrected chi connectivity index (χ4v) is 2.65. The van der Waals surface area contributed by atoms with Crippen molar-refractivity contribution < 1.29 is 5.11 Å². The molecule has 21 heavy (non-hydrogen) atoms. The van der Waals surface area contributed by atoms with Crippen LogP contribution >= 0.6 is 24.8 Å². The fourth-order valence-electron chi connectivity index (χ4n) is 2.65. The van der Waals surface area contributed by atoms with Crippen molar-refractivity contribution in [3.8, 4) is 0 Å². The monoisotopic (exact) mass is 340 g/mol. The lowest BCUT2D eigenvalue weighted by atomic mass is 9.99. The van der Waals surface area contributed by atoms with Crippen molar-refractivity contribution in [2.24, 2.45) is 0 Å². The molecular weight excluding hydrogens is 315 g/mol. The zero-order valence-corrected chi connectivity index (χ0v) is 14.1. The van der Waals surface area contributed by atoms with Crippen LogP contribution in [0.3, 0.4) is 0 Å². The summed E-state index contributed by atoms with van der Waals surface area (Å²) in [5.74, 6) is 1.27. The number of hydrogen-bond donors (Lipinski definition) is 2. The minimum atomic E-state index is -0.0130. The second kappa shape index (κ2) is 10.2. The van der Waals surface area contributed by atoms with Crippen LogP contribution in [0.4, 0.5) is 0 Å². The maximum absolute atomic E-state index is 12.2. The van der Waals surface area contributed by atoms with Gasteiger partial charge in [0.15, 0.2) is 0 Å². The van der Waals surface area contributed by atoms with E-state index in [0.29, 0.717) is 25.4 Å². The summed E-state index contributed by atoms with van der Waals surface area (Å²) in [5.41, 5.74) is -0.0130. The third-order valence-corrected chi connectivity index (χ3v) is 3.71. The molecule has 2 heterocycles. The van der Waals surface area contributed by atoms with Crippen LogP contribution < -0.4 is 11.0 Å². The van der Waals surface area contributed by atoms with E-state index in [2.05, 4.69) is 10.4 Å². The Balaban J connectivity index is 0.00000200. The lowest BCUT2D eigenvalue weighted by Gasteiger charge is -2.21. The number of hydrogen-bond acceptors (Lipinski definition) is 4. The molecule has 1 atom stereocenters. The standard InChI is InChI=1S/C13H24N4O2.2ClH/c1-2-16-12(11-6-5-7-14-10-11)15-17(13(16)19)8-3-4-9-18;;/h11,14,18H,2-10H2,1H3;2*1H. The summed E-state index contributed by atoms with van der Waals surface area (Å²) >= 11 is 0. The quantitative estimate of drug-likeness (QED) is 0.762. The zero-order valence-electron chi connectivity index (χ0n) is 12.5. The molecule has 1 aliphatic heterocycles. The number of aromatic nitrogens is 3. The van der Waals surface area contributed by atoms with Crippen molar-refractivity contribution in [1.82, 2.24) is 19.7 Å². The van der Waals surface area contributed by atoms with Crippen LogP contribution in [0, 0.1) is 0 Å². The van der Waals surface area contributed by atoms with Gasteiger partial charge in [0.1, 0.15) is 5.82 Å². The van der Waals surface area contributed by atoms with Gasteiger partial charge in [-0.05, 0) is 39.2 Å². The minimum absolute atomic E-state index is 0. The Morgan fingerprint density at radius 3 is 2.71 bits per heavy atom. The Hall–Kier alpha value is -0.560. The third-order valence-electron chi connectivity index (χ3n) is 3.71. The van der Waals surface area contributed by atoms with Crippen molar-refractivity contribution in [2.75, 3.05) is 19.7 Å². The number of piperidine rings is 1. The maximum atomic E-state index is 12.2. The number of aryl methyl sites for hydroxylation is 1. The second-order valence-electron chi connectivity index (χ2n) is 5.08. The van der Waals surface area contributed by atoms with E-state index in [-0.39, 0.29) is 37.1 Å². The van der Waals surface area contributed by atoms with Gasteiger partial charge in [0, 0.05) is 32.2 Å². The normalized spacial score (nSPS) is 17.9. The van der Waals surface area contributed by atoms with Crippen molar-refractivity contribution >= 4 is 24.8 Å². The van der Waals surface area contributed by atoms with Crippen molar-refractivity contribution in [2.45, 2.75) is 51.6 Å². The fraction of sp³-hybridized carbons (Fsp3) is 0.846. The van der Waals surface area contributed by atoms with Gasteiger partial charge in [0.2, 0.25) is 0 Å². The molecule has 0 amide bonds. The van der Waals surface area contributed by atoms with E-state index in [1.165, 1.54) is 0 Å². The molecule has 0 saturated carbocycles. The number of aliphatic hydroxyl groups excluding tert-OH is 1. The van der Waals surface area contributed by atoms with Crippen molar-refractivity contribution in [1.29, 1.82) is 0 Å². The molecule has 0 bridgehead atoms. The molecule has 1 unspecified atom stereocenters. The Bertz CT molecular complexity index is 456. The molecular formula is C13H26Cl2N4O2. The van der Waals surface area contributed by atoms with E-state index in [1.807, 2.05) is 6.92 Å². The molecule has 1 saturated heterocycles. The predicted octanol–water partition coefficient (Wildman–Crippen LogP) is 1.15. The first-order chi connectivity index (χ1) is 9.27. The van der Waals surface area contributed by atoms with Crippen molar-refractivity contribution in [3.05, 3.63) is 16.3 Å². The van der Waals surface area contributed by atoms with Crippen LogP contribution in [-0.2, 0) is 13.1 Å². The highest BCUT2D eigenvalue weighted by atomic mass is 35.5. The van der Waals surface area contributed by atoms with Gasteiger partial charge in [-0.1, -0.05) is 0 Å². The highest BCUT2D eigenvalue weighted by molar-refractivity contribution is 5.85. The molecule has 6 nitrogen and oxygen atoms in total. The Morgan fingerprint density at radius 1 is 1.38 bits per heavy atom. The van der Waals surface area contributed by atoms with Crippen molar-refractivity contribution in [3.63, 3.8) is 0 Å².